The van der Waals surface area contributed by atoms with Gasteiger partial charge in [-0.2, -0.15) is 5.10 Å². The molecule has 0 saturated heterocycles. The smallest absolute Gasteiger partial charge is 0.280 e. The Hall–Kier alpha value is -3.07. The molecule has 2 aromatic heterocycles. The molecule has 3 rings (SSSR count). The van der Waals surface area contributed by atoms with Gasteiger partial charge in [-0.25, -0.2) is 18.7 Å². The standard InChI is InChI=1S/C21H20F2N4O2S/c1-13-10-16(20(22)23)26-21(25-13)30-12-15-11-14(5-7-19(15)29-3)4-6-18(28)17-8-9-24-27(17)2/h4-11,20H,12H2,1-3H3/b6-4+. The molecule has 0 radical (unpaired) electrons. The minimum absolute atomic E-state index is 0.158. The van der Waals surface area contributed by atoms with Gasteiger partial charge in [0.15, 0.2) is 5.16 Å². The Morgan fingerprint density at radius 2 is 2.07 bits per heavy atom. The fourth-order valence-electron chi connectivity index (χ4n) is 2.77. The summed E-state index contributed by atoms with van der Waals surface area (Å²) in [6.07, 6.45) is 2.11. The van der Waals surface area contributed by atoms with Gasteiger partial charge in [-0.3, -0.25) is 9.48 Å². The number of rotatable bonds is 8. The number of allylic oxidation sites excluding steroid dienone is 1. The van der Waals surface area contributed by atoms with Crippen molar-refractivity contribution in [1.29, 1.82) is 0 Å². The molecule has 0 aliphatic rings. The summed E-state index contributed by atoms with van der Waals surface area (Å²) in [5.74, 6) is 0.918. The first-order valence-electron chi connectivity index (χ1n) is 9.01. The van der Waals surface area contributed by atoms with Crippen LogP contribution in [0.2, 0.25) is 0 Å². The molecule has 0 spiro atoms. The molecule has 0 atom stereocenters. The van der Waals surface area contributed by atoms with Crippen molar-refractivity contribution < 1.29 is 18.3 Å². The molecule has 9 heteroatoms. The molecule has 0 N–H and O–H groups in total. The summed E-state index contributed by atoms with van der Waals surface area (Å²) in [6.45, 7) is 1.66. The van der Waals surface area contributed by atoms with Crippen LogP contribution >= 0.6 is 11.8 Å². The van der Waals surface area contributed by atoms with Gasteiger partial charge < -0.3 is 4.74 Å². The minimum atomic E-state index is -2.65. The van der Waals surface area contributed by atoms with Gasteiger partial charge in [0.25, 0.3) is 6.43 Å². The van der Waals surface area contributed by atoms with E-state index in [0.29, 0.717) is 22.9 Å². The molecular weight excluding hydrogens is 410 g/mol. The quantitative estimate of drug-likeness (QED) is 0.224. The van der Waals surface area contributed by atoms with E-state index < -0.39 is 6.43 Å². The highest BCUT2D eigenvalue weighted by molar-refractivity contribution is 7.98. The Balaban J connectivity index is 1.77. The summed E-state index contributed by atoms with van der Waals surface area (Å²) in [7, 11) is 3.26. The number of hydrogen-bond acceptors (Lipinski definition) is 6. The predicted molar refractivity (Wildman–Crippen MR) is 111 cm³/mol. The number of methoxy groups -OCH3 is 1. The molecule has 3 aromatic rings. The molecule has 0 aliphatic heterocycles. The van der Waals surface area contributed by atoms with Crippen molar-refractivity contribution in [2.24, 2.45) is 7.05 Å². The third-order valence-corrected chi connectivity index (χ3v) is 5.13. The molecule has 2 heterocycles. The van der Waals surface area contributed by atoms with Crippen molar-refractivity contribution in [3.05, 3.63) is 70.8 Å². The highest BCUT2D eigenvalue weighted by Crippen LogP contribution is 2.29. The molecule has 0 saturated carbocycles. The third-order valence-electron chi connectivity index (χ3n) is 4.24. The topological polar surface area (TPSA) is 69.9 Å². The molecule has 0 unspecified atom stereocenters. The Bertz CT molecular complexity index is 1080. The fourth-order valence-corrected chi connectivity index (χ4v) is 3.66. The number of benzene rings is 1. The van der Waals surface area contributed by atoms with Crippen LogP contribution < -0.4 is 4.74 Å². The van der Waals surface area contributed by atoms with Gasteiger partial charge in [-0.1, -0.05) is 23.9 Å². The highest BCUT2D eigenvalue weighted by atomic mass is 32.2. The van der Waals surface area contributed by atoms with E-state index in [4.69, 9.17) is 4.74 Å². The first-order valence-corrected chi connectivity index (χ1v) is 10.00. The molecule has 6 nitrogen and oxygen atoms in total. The number of ketones is 1. The zero-order valence-electron chi connectivity index (χ0n) is 16.7. The second kappa shape index (κ2) is 9.62. The summed E-state index contributed by atoms with van der Waals surface area (Å²) in [4.78, 5) is 20.4. The van der Waals surface area contributed by atoms with Crippen LogP contribution in [0.5, 0.6) is 5.75 Å². The lowest BCUT2D eigenvalue weighted by atomic mass is 10.1. The normalized spacial score (nSPS) is 11.4. The number of carbonyl (C=O) groups excluding carboxylic acids is 1. The van der Waals surface area contributed by atoms with Gasteiger partial charge in [0, 0.05) is 30.3 Å². The molecule has 0 fully saturated rings. The van der Waals surface area contributed by atoms with Crippen LogP contribution in [0.1, 0.15) is 39.4 Å². The SMILES string of the molecule is COc1ccc(/C=C/C(=O)c2ccnn2C)cc1CSc1nc(C)cc(C(F)F)n1. The monoisotopic (exact) mass is 430 g/mol. The second-order valence-electron chi connectivity index (χ2n) is 6.42. The zero-order chi connectivity index (χ0) is 21.7. The van der Waals surface area contributed by atoms with Gasteiger partial charge in [0.2, 0.25) is 5.78 Å². The van der Waals surface area contributed by atoms with Crippen LogP contribution in [0.25, 0.3) is 6.08 Å². The molecular formula is C21H20F2N4O2S. The Labute approximate surface area is 177 Å². The van der Waals surface area contributed by atoms with E-state index in [9.17, 15) is 13.6 Å². The lowest BCUT2D eigenvalue weighted by molar-refractivity contribution is 0.103. The molecule has 0 aliphatic carbocycles. The van der Waals surface area contributed by atoms with E-state index >= 15 is 0 Å². The number of aromatic nitrogens is 4. The first kappa shape index (κ1) is 21.6. The summed E-state index contributed by atoms with van der Waals surface area (Å²) >= 11 is 1.24. The number of thioether (sulfide) groups is 1. The van der Waals surface area contributed by atoms with Crippen LogP contribution in [0.4, 0.5) is 8.78 Å². The predicted octanol–water partition coefficient (Wildman–Crippen LogP) is 4.65. The van der Waals surface area contributed by atoms with E-state index in [1.165, 1.54) is 28.6 Å². The Kier molecular flexibility index (Phi) is 6.94. The van der Waals surface area contributed by atoms with Crippen molar-refractivity contribution in [3.8, 4) is 5.75 Å². The van der Waals surface area contributed by atoms with Crippen LogP contribution in [0.15, 0.2) is 47.8 Å². The number of nitrogens with zero attached hydrogens (tertiary/aromatic N) is 4. The van der Waals surface area contributed by atoms with Gasteiger partial charge >= 0.3 is 0 Å². The molecule has 0 bridgehead atoms. The Morgan fingerprint density at radius 3 is 2.73 bits per heavy atom. The van der Waals surface area contributed by atoms with Gasteiger partial charge in [0.1, 0.15) is 17.1 Å². The van der Waals surface area contributed by atoms with Crippen LogP contribution in [-0.4, -0.2) is 32.6 Å². The summed E-state index contributed by atoms with van der Waals surface area (Å²) < 4.78 is 32.9. The van der Waals surface area contributed by atoms with Gasteiger partial charge in [0.05, 0.1) is 7.11 Å². The second-order valence-corrected chi connectivity index (χ2v) is 7.36. The largest absolute Gasteiger partial charge is 0.496 e. The van der Waals surface area contributed by atoms with Crippen molar-refractivity contribution in [3.63, 3.8) is 0 Å². The van der Waals surface area contributed by atoms with Crippen molar-refractivity contribution in [1.82, 2.24) is 19.7 Å². The zero-order valence-corrected chi connectivity index (χ0v) is 17.5. The average molecular weight is 430 g/mol. The molecule has 0 amide bonds. The van der Waals surface area contributed by atoms with E-state index in [2.05, 4.69) is 15.1 Å². The number of halogens is 2. The number of alkyl halides is 2. The maximum atomic E-state index is 13.0. The van der Waals surface area contributed by atoms with E-state index in [0.717, 1.165) is 11.1 Å². The van der Waals surface area contributed by atoms with Gasteiger partial charge in [-0.05, 0) is 42.8 Å². The summed E-state index contributed by atoms with van der Waals surface area (Å²) in [6, 6.07) is 8.44. The van der Waals surface area contributed by atoms with Crippen molar-refractivity contribution >= 4 is 23.6 Å². The highest BCUT2D eigenvalue weighted by Gasteiger charge is 2.13. The van der Waals surface area contributed by atoms with Crippen LogP contribution in [0, 0.1) is 6.92 Å². The number of aryl methyl sites for hydroxylation is 2. The van der Waals surface area contributed by atoms with Crippen molar-refractivity contribution in [2.75, 3.05) is 7.11 Å². The summed E-state index contributed by atoms with van der Waals surface area (Å²) in [5, 5.41) is 4.27. The van der Waals surface area contributed by atoms with E-state index in [1.54, 1.807) is 45.5 Å². The fraction of sp³-hybridized carbons (Fsp3) is 0.238. The maximum absolute atomic E-state index is 13.0. The van der Waals surface area contributed by atoms with Crippen LogP contribution in [0.3, 0.4) is 0 Å². The molecule has 30 heavy (non-hydrogen) atoms. The first-order chi connectivity index (χ1) is 14.4. The third kappa shape index (κ3) is 5.29. The van der Waals surface area contributed by atoms with E-state index in [1.807, 2.05) is 12.1 Å². The van der Waals surface area contributed by atoms with Crippen LogP contribution in [-0.2, 0) is 12.8 Å². The van der Waals surface area contributed by atoms with Gasteiger partial charge in [-0.15, -0.1) is 0 Å². The minimum Gasteiger partial charge on any atom is -0.496 e. The Morgan fingerprint density at radius 1 is 1.27 bits per heavy atom. The number of carbonyl (C=O) groups is 1. The number of ether oxygens (including phenoxy) is 1. The van der Waals surface area contributed by atoms with E-state index in [-0.39, 0.29) is 16.6 Å². The van der Waals surface area contributed by atoms with Crippen molar-refractivity contribution in [2.45, 2.75) is 24.3 Å². The number of hydrogen-bond donors (Lipinski definition) is 0. The summed E-state index contributed by atoms with van der Waals surface area (Å²) in [5.41, 5.74) is 2.33. The molecule has 156 valence electrons. The molecule has 1 aromatic carbocycles. The lowest BCUT2D eigenvalue weighted by Gasteiger charge is -2.10. The maximum Gasteiger partial charge on any atom is 0.280 e. The lowest BCUT2D eigenvalue weighted by Crippen LogP contribution is -2.03. The average Bonchev–Trinajstić information content (AvgIpc) is 3.16.